The van der Waals surface area contributed by atoms with Crippen LogP contribution in [-0.4, -0.2) is 32.9 Å². The number of benzene rings is 1. The van der Waals surface area contributed by atoms with Crippen LogP contribution in [0.15, 0.2) is 50.5 Å². The van der Waals surface area contributed by atoms with Gasteiger partial charge in [0.25, 0.3) is 15.6 Å². The summed E-state index contributed by atoms with van der Waals surface area (Å²) < 4.78 is 46.6. The van der Waals surface area contributed by atoms with E-state index in [1.807, 2.05) is 6.92 Å². The van der Waals surface area contributed by atoms with Crippen LogP contribution in [0.5, 0.6) is 0 Å². The minimum absolute atomic E-state index is 0.0157. The number of fused-ring (bicyclic) bond motifs is 1. The van der Waals surface area contributed by atoms with Crippen LogP contribution in [0.25, 0.3) is 10.2 Å². The molecule has 0 atom stereocenters. The normalized spacial score (nSPS) is 15.1. The monoisotopic (exact) mass is 517 g/mol. The Balaban J connectivity index is 1.69. The van der Waals surface area contributed by atoms with E-state index in [-0.39, 0.29) is 33.3 Å². The molecule has 1 aliphatic carbocycles. The summed E-state index contributed by atoms with van der Waals surface area (Å²) in [5.74, 6) is -0.364. The fraction of sp³-hybridized carbons (Fsp3) is 0.348. The fourth-order valence-corrected chi connectivity index (χ4v) is 6.88. The van der Waals surface area contributed by atoms with Crippen molar-refractivity contribution in [3.05, 3.63) is 80.0 Å². The molecule has 0 aliphatic heterocycles. The van der Waals surface area contributed by atoms with Crippen LogP contribution in [0.1, 0.15) is 36.5 Å². The summed E-state index contributed by atoms with van der Waals surface area (Å²) in [6, 6.07) is 5.86. The van der Waals surface area contributed by atoms with Crippen molar-refractivity contribution >= 4 is 31.6 Å². The van der Waals surface area contributed by atoms with Gasteiger partial charge in [0.05, 0.1) is 24.7 Å². The van der Waals surface area contributed by atoms with Gasteiger partial charge in [-0.15, -0.1) is 11.3 Å². The molecule has 1 fully saturated rings. The molecule has 184 valence electrons. The molecule has 4 aromatic rings. The van der Waals surface area contributed by atoms with Gasteiger partial charge in [-0.2, -0.15) is 5.10 Å². The summed E-state index contributed by atoms with van der Waals surface area (Å²) in [7, 11) is -2.15. The Morgan fingerprint density at radius 1 is 1.14 bits per heavy atom. The number of hydrogen-bond donors (Lipinski definition) is 1. The van der Waals surface area contributed by atoms with E-state index in [2.05, 4.69) is 9.82 Å². The number of aromatic nitrogens is 4. The standard InChI is InChI=1S/C23H24FN5O4S2/c1-14-8-15(4-5-18(14)24)12-29-21-17(9-19(34-21)35(32,33)26-23(2)6-7-23)20(30)28(22(29)31)13-16-10-25-27(3)11-16/h4-5,8-11,26H,6-7,12-13H2,1-3H3. The van der Waals surface area contributed by atoms with Gasteiger partial charge >= 0.3 is 5.69 Å². The summed E-state index contributed by atoms with van der Waals surface area (Å²) >= 11 is 0.882. The zero-order chi connectivity index (χ0) is 25.1. The molecule has 12 heteroatoms. The number of halogens is 1. The fourth-order valence-electron chi connectivity index (χ4n) is 3.98. The first-order chi connectivity index (χ1) is 16.5. The number of nitrogens with one attached hydrogen (secondary N) is 1. The highest BCUT2D eigenvalue weighted by Crippen LogP contribution is 2.37. The summed E-state index contributed by atoms with van der Waals surface area (Å²) in [5.41, 5.74) is 0.0894. The minimum atomic E-state index is -3.88. The summed E-state index contributed by atoms with van der Waals surface area (Å²) in [6.45, 7) is 3.49. The number of aryl methyl sites for hydroxylation is 2. The molecule has 0 radical (unpaired) electrons. The Labute approximate surface area is 204 Å². The van der Waals surface area contributed by atoms with Gasteiger partial charge in [-0.3, -0.25) is 18.6 Å². The van der Waals surface area contributed by atoms with Crippen molar-refractivity contribution in [1.29, 1.82) is 0 Å². The van der Waals surface area contributed by atoms with E-state index in [1.165, 1.54) is 16.7 Å². The van der Waals surface area contributed by atoms with Crippen LogP contribution in [0.3, 0.4) is 0 Å². The van der Waals surface area contributed by atoms with Gasteiger partial charge in [0.1, 0.15) is 14.9 Å². The molecule has 1 aliphatic rings. The van der Waals surface area contributed by atoms with Crippen molar-refractivity contribution < 1.29 is 12.8 Å². The van der Waals surface area contributed by atoms with Gasteiger partial charge in [0.2, 0.25) is 0 Å². The lowest BCUT2D eigenvalue weighted by atomic mass is 10.1. The second-order valence-electron chi connectivity index (χ2n) is 9.32. The maximum absolute atomic E-state index is 13.8. The number of nitrogens with zero attached hydrogens (tertiary/aromatic N) is 4. The molecular formula is C23H24FN5O4S2. The van der Waals surface area contributed by atoms with Crippen LogP contribution in [0.4, 0.5) is 4.39 Å². The molecule has 0 bridgehead atoms. The average Bonchev–Trinajstić information content (AvgIpc) is 3.16. The van der Waals surface area contributed by atoms with Crippen molar-refractivity contribution in [2.45, 2.75) is 49.5 Å². The lowest BCUT2D eigenvalue weighted by molar-refractivity contribution is 0.560. The lowest BCUT2D eigenvalue weighted by Crippen LogP contribution is -2.40. The third-order valence-corrected chi connectivity index (χ3v) is 9.45. The van der Waals surface area contributed by atoms with Gasteiger partial charge in [-0.05, 0) is 49.9 Å². The van der Waals surface area contributed by atoms with Crippen molar-refractivity contribution in [2.24, 2.45) is 7.05 Å². The lowest BCUT2D eigenvalue weighted by Gasteiger charge is -2.12. The summed E-state index contributed by atoms with van der Waals surface area (Å²) in [5, 5.41) is 4.23. The van der Waals surface area contributed by atoms with Crippen LogP contribution >= 0.6 is 11.3 Å². The van der Waals surface area contributed by atoms with Crippen molar-refractivity contribution in [3.8, 4) is 0 Å². The Morgan fingerprint density at radius 3 is 2.49 bits per heavy atom. The smallest absolute Gasteiger partial charge is 0.280 e. The van der Waals surface area contributed by atoms with E-state index in [9.17, 15) is 22.4 Å². The molecule has 0 amide bonds. The molecule has 0 spiro atoms. The molecule has 1 aromatic carbocycles. The number of rotatable bonds is 7. The molecule has 3 aromatic heterocycles. The quantitative estimate of drug-likeness (QED) is 0.405. The predicted molar refractivity (Wildman–Crippen MR) is 131 cm³/mol. The molecule has 0 unspecified atom stereocenters. The Kier molecular flexibility index (Phi) is 5.57. The predicted octanol–water partition coefficient (Wildman–Crippen LogP) is 2.33. The SMILES string of the molecule is Cc1cc(Cn2c(=O)n(Cc3cnn(C)c3)c(=O)c3cc(S(=O)(=O)NC4(C)CC4)sc32)ccc1F. The van der Waals surface area contributed by atoms with Gasteiger partial charge < -0.3 is 0 Å². The van der Waals surface area contributed by atoms with E-state index in [0.29, 0.717) is 16.7 Å². The van der Waals surface area contributed by atoms with Crippen molar-refractivity contribution in [3.63, 3.8) is 0 Å². The van der Waals surface area contributed by atoms with Crippen molar-refractivity contribution in [2.75, 3.05) is 0 Å². The summed E-state index contributed by atoms with van der Waals surface area (Å²) in [6.07, 6.45) is 4.74. The van der Waals surface area contributed by atoms with Gasteiger partial charge in [0.15, 0.2) is 0 Å². The third-order valence-electron chi connectivity index (χ3n) is 6.18. The van der Waals surface area contributed by atoms with Crippen molar-refractivity contribution in [1.82, 2.24) is 23.6 Å². The van der Waals surface area contributed by atoms with Gasteiger partial charge in [-0.1, -0.05) is 12.1 Å². The second-order valence-corrected chi connectivity index (χ2v) is 12.3. The number of hydrogen-bond acceptors (Lipinski definition) is 6. The van der Waals surface area contributed by atoms with Gasteiger partial charge in [0, 0.05) is 24.3 Å². The Bertz CT molecular complexity index is 1690. The third kappa shape index (κ3) is 4.48. The maximum Gasteiger partial charge on any atom is 0.332 e. The minimum Gasteiger partial charge on any atom is -0.280 e. The second kappa shape index (κ2) is 8.25. The molecule has 1 N–H and O–H groups in total. The first-order valence-electron chi connectivity index (χ1n) is 11.0. The highest BCUT2D eigenvalue weighted by molar-refractivity contribution is 7.91. The molecule has 3 heterocycles. The average molecular weight is 518 g/mol. The first-order valence-corrected chi connectivity index (χ1v) is 13.3. The summed E-state index contributed by atoms with van der Waals surface area (Å²) in [4.78, 5) is 27.2. The van der Waals surface area contributed by atoms with Gasteiger partial charge in [-0.25, -0.2) is 22.3 Å². The zero-order valence-electron chi connectivity index (χ0n) is 19.4. The van der Waals surface area contributed by atoms with E-state index in [1.54, 1.807) is 43.2 Å². The zero-order valence-corrected chi connectivity index (χ0v) is 21.0. The molecule has 1 saturated carbocycles. The Hall–Kier alpha value is -3.09. The highest BCUT2D eigenvalue weighted by atomic mass is 32.2. The molecule has 5 rings (SSSR count). The highest BCUT2D eigenvalue weighted by Gasteiger charge is 2.41. The van der Waals surface area contributed by atoms with E-state index < -0.39 is 26.8 Å². The van der Waals surface area contributed by atoms with E-state index in [0.717, 1.165) is 28.7 Å². The molecule has 0 saturated heterocycles. The van der Waals surface area contributed by atoms with Crippen LogP contribution in [0, 0.1) is 12.7 Å². The molecule has 35 heavy (non-hydrogen) atoms. The molecular weight excluding hydrogens is 493 g/mol. The topological polar surface area (TPSA) is 108 Å². The van der Waals surface area contributed by atoms with E-state index in [4.69, 9.17) is 0 Å². The van der Waals surface area contributed by atoms with Crippen LogP contribution in [0.2, 0.25) is 0 Å². The first kappa shape index (κ1) is 23.6. The van der Waals surface area contributed by atoms with Crippen LogP contribution in [-0.2, 0) is 30.2 Å². The largest absolute Gasteiger partial charge is 0.332 e. The Morgan fingerprint density at radius 2 is 1.86 bits per heavy atom. The molecule has 9 nitrogen and oxygen atoms in total. The number of thiophene rings is 1. The van der Waals surface area contributed by atoms with Crippen LogP contribution < -0.4 is 16.0 Å². The maximum atomic E-state index is 13.8. The van der Waals surface area contributed by atoms with E-state index >= 15 is 0 Å². The number of sulfonamides is 1.